The highest BCUT2D eigenvalue weighted by atomic mass is 19.4. The van der Waals surface area contributed by atoms with Gasteiger partial charge in [0.05, 0.1) is 11.5 Å². The highest BCUT2D eigenvalue weighted by Gasteiger charge is 2.65. The molecular weight excluding hydrogens is 297 g/mol. The molecule has 22 heavy (non-hydrogen) atoms. The second-order valence-electron chi connectivity index (χ2n) is 5.52. The Kier molecular flexibility index (Phi) is 2.99. The van der Waals surface area contributed by atoms with Gasteiger partial charge in [0.15, 0.2) is 0 Å². The molecule has 0 saturated heterocycles. The van der Waals surface area contributed by atoms with Gasteiger partial charge in [-0.2, -0.15) is 18.4 Å². The summed E-state index contributed by atoms with van der Waals surface area (Å²) in [6.45, 7) is 0.251. The van der Waals surface area contributed by atoms with Crippen molar-refractivity contribution < 1.29 is 18.0 Å². The Labute approximate surface area is 123 Å². The standard InChI is InChI=1S/C14H11F3N4O/c15-14(16,17)13(20-21-13)10-3-1-9(2-4-10)11(22)19-8-12(7-18)5-6-12/h1-4H,5-6,8H2,(H,19,22). The molecule has 0 radical (unpaired) electrons. The lowest BCUT2D eigenvalue weighted by Gasteiger charge is -2.15. The first-order chi connectivity index (χ1) is 10.3. The number of hydrogen-bond acceptors (Lipinski definition) is 4. The van der Waals surface area contributed by atoms with Crippen molar-refractivity contribution in [2.75, 3.05) is 6.54 Å². The Morgan fingerprint density at radius 1 is 1.27 bits per heavy atom. The van der Waals surface area contributed by atoms with E-state index < -0.39 is 23.2 Å². The first kappa shape index (κ1) is 14.5. The normalized spacial score (nSPS) is 20.1. The van der Waals surface area contributed by atoms with Crippen LogP contribution in [0.4, 0.5) is 13.2 Å². The molecule has 0 bridgehead atoms. The van der Waals surface area contributed by atoms with Crippen LogP contribution in [0.15, 0.2) is 34.5 Å². The van der Waals surface area contributed by atoms with Gasteiger partial charge in [-0.15, -0.1) is 10.2 Å². The molecule has 114 valence electrons. The number of nitrogens with zero attached hydrogens (tertiary/aromatic N) is 3. The number of carbonyl (C=O) groups excluding carboxylic acids is 1. The molecule has 8 heteroatoms. The van der Waals surface area contributed by atoms with Crippen molar-refractivity contribution in [1.82, 2.24) is 5.32 Å². The van der Waals surface area contributed by atoms with Crippen molar-refractivity contribution in [3.8, 4) is 6.07 Å². The summed E-state index contributed by atoms with van der Waals surface area (Å²) in [5, 5.41) is 17.7. The lowest BCUT2D eigenvalue weighted by molar-refractivity contribution is -0.166. The second kappa shape index (κ2) is 4.53. The Morgan fingerprint density at radius 3 is 2.27 bits per heavy atom. The van der Waals surface area contributed by atoms with Gasteiger partial charge in [0.25, 0.3) is 5.91 Å². The predicted octanol–water partition coefficient (Wildman–Crippen LogP) is 2.90. The maximum atomic E-state index is 12.8. The molecular formula is C14H11F3N4O. The Bertz CT molecular complexity index is 678. The van der Waals surface area contributed by atoms with Crippen LogP contribution in [-0.4, -0.2) is 18.6 Å². The Balaban J connectivity index is 1.67. The number of amides is 1. The predicted molar refractivity (Wildman–Crippen MR) is 68.6 cm³/mol. The molecule has 1 aliphatic heterocycles. The van der Waals surface area contributed by atoms with Gasteiger partial charge < -0.3 is 5.32 Å². The number of carbonyl (C=O) groups is 1. The molecule has 1 N–H and O–H groups in total. The minimum Gasteiger partial charge on any atom is -0.350 e. The van der Waals surface area contributed by atoms with E-state index in [1.807, 2.05) is 0 Å². The third-order valence-corrected chi connectivity index (χ3v) is 3.92. The molecule has 1 aliphatic carbocycles. The Hall–Kier alpha value is -2.43. The van der Waals surface area contributed by atoms with E-state index in [0.717, 1.165) is 12.8 Å². The lowest BCUT2D eigenvalue weighted by atomic mass is 10.0. The minimum atomic E-state index is -4.58. The van der Waals surface area contributed by atoms with Gasteiger partial charge in [0.2, 0.25) is 0 Å². The number of hydrogen-bond donors (Lipinski definition) is 1. The molecule has 1 aromatic rings. The summed E-state index contributed by atoms with van der Waals surface area (Å²) in [5.41, 5.74) is -2.83. The molecule has 0 spiro atoms. The molecule has 0 aromatic heterocycles. The lowest BCUT2D eigenvalue weighted by Crippen LogP contribution is -2.31. The number of nitrogens with one attached hydrogen (secondary N) is 1. The van der Waals surface area contributed by atoms with Crippen LogP contribution in [0.5, 0.6) is 0 Å². The monoisotopic (exact) mass is 308 g/mol. The summed E-state index contributed by atoms with van der Waals surface area (Å²) in [4.78, 5) is 11.9. The average Bonchev–Trinajstić information content (AvgIpc) is 3.38. The van der Waals surface area contributed by atoms with E-state index in [0.29, 0.717) is 0 Å². The summed E-state index contributed by atoms with van der Waals surface area (Å²) >= 11 is 0. The fraction of sp³-hybridized carbons (Fsp3) is 0.429. The third-order valence-electron chi connectivity index (χ3n) is 3.92. The molecule has 1 saturated carbocycles. The van der Waals surface area contributed by atoms with Crippen molar-refractivity contribution in [2.24, 2.45) is 15.6 Å². The number of benzene rings is 1. The van der Waals surface area contributed by atoms with Crippen LogP contribution < -0.4 is 5.32 Å². The number of halogens is 3. The van der Waals surface area contributed by atoms with Gasteiger partial charge in [-0.05, 0) is 25.0 Å². The summed E-state index contributed by atoms with van der Waals surface area (Å²) in [7, 11) is 0. The maximum Gasteiger partial charge on any atom is 0.442 e. The van der Waals surface area contributed by atoms with Gasteiger partial charge in [-0.25, -0.2) is 0 Å². The van der Waals surface area contributed by atoms with Crippen molar-refractivity contribution in [3.05, 3.63) is 35.4 Å². The summed E-state index contributed by atoms with van der Waals surface area (Å²) in [6.07, 6.45) is -3.08. The first-order valence-corrected chi connectivity index (χ1v) is 6.63. The van der Waals surface area contributed by atoms with Crippen LogP contribution in [0.1, 0.15) is 28.8 Å². The first-order valence-electron chi connectivity index (χ1n) is 6.63. The number of alkyl halides is 3. The summed E-state index contributed by atoms with van der Waals surface area (Å²) in [6, 6.07) is 7.13. The molecule has 1 aromatic carbocycles. The Morgan fingerprint density at radius 2 is 1.86 bits per heavy atom. The van der Waals surface area contributed by atoms with Crippen molar-refractivity contribution >= 4 is 5.91 Å². The quantitative estimate of drug-likeness (QED) is 0.928. The van der Waals surface area contributed by atoms with Crippen LogP contribution in [0.3, 0.4) is 0 Å². The van der Waals surface area contributed by atoms with Crippen LogP contribution in [0, 0.1) is 16.7 Å². The van der Waals surface area contributed by atoms with Gasteiger partial charge in [-0.1, -0.05) is 12.1 Å². The van der Waals surface area contributed by atoms with E-state index >= 15 is 0 Å². The van der Waals surface area contributed by atoms with E-state index in [4.69, 9.17) is 5.26 Å². The molecule has 3 rings (SSSR count). The van der Waals surface area contributed by atoms with Gasteiger partial charge in [0, 0.05) is 17.7 Å². The van der Waals surface area contributed by atoms with Crippen molar-refractivity contribution in [1.29, 1.82) is 5.26 Å². The van der Waals surface area contributed by atoms with Gasteiger partial charge in [0.1, 0.15) is 0 Å². The van der Waals surface area contributed by atoms with Crippen LogP contribution in [0.2, 0.25) is 0 Å². The molecule has 1 amide bonds. The van der Waals surface area contributed by atoms with E-state index in [2.05, 4.69) is 21.6 Å². The number of nitriles is 1. The van der Waals surface area contributed by atoms with E-state index in [-0.39, 0.29) is 17.7 Å². The fourth-order valence-corrected chi connectivity index (χ4v) is 2.13. The zero-order valence-corrected chi connectivity index (χ0v) is 11.3. The topological polar surface area (TPSA) is 77.6 Å². The second-order valence-corrected chi connectivity index (χ2v) is 5.52. The summed E-state index contributed by atoms with van der Waals surface area (Å²) < 4.78 is 38.5. The molecule has 1 fully saturated rings. The van der Waals surface area contributed by atoms with Gasteiger partial charge >= 0.3 is 11.8 Å². The largest absolute Gasteiger partial charge is 0.442 e. The maximum absolute atomic E-state index is 12.8. The van der Waals surface area contributed by atoms with Crippen molar-refractivity contribution in [3.63, 3.8) is 0 Å². The van der Waals surface area contributed by atoms with E-state index in [1.54, 1.807) is 0 Å². The van der Waals surface area contributed by atoms with Crippen LogP contribution in [-0.2, 0) is 5.66 Å². The zero-order valence-electron chi connectivity index (χ0n) is 11.3. The summed E-state index contributed by atoms with van der Waals surface area (Å²) in [5.74, 6) is -0.418. The number of rotatable bonds is 4. The molecule has 1 heterocycles. The van der Waals surface area contributed by atoms with Crippen LogP contribution >= 0.6 is 0 Å². The minimum absolute atomic E-state index is 0.118. The van der Waals surface area contributed by atoms with Gasteiger partial charge in [-0.3, -0.25) is 4.79 Å². The SMILES string of the molecule is N#CC1(CNC(=O)c2ccc(C3(C(F)(F)F)N=N3)cc2)CC1. The molecule has 2 aliphatic rings. The molecule has 5 nitrogen and oxygen atoms in total. The molecule has 0 atom stereocenters. The third kappa shape index (κ3) is 2.32. The average molecular weight is 308 g/mol. The van der Waals surface area contributed by atoms with Crippen molar-refractivity contribution in [2.45, 2.75) is 24.7 Å². The fourth-order valence-electron chi connectivity index (χ4n) is 2.13. The van der Waals surface area contributed by atoms with E-state index in [9.17, 15) is 18.0 Å². The smallest absolute Gasteiger partial charge is 0.350 e. The highest BCUT2D eigenvalue weighted by molar-refractivity contribution is 5.94. The van der Waals surface area contributed by atoms with Crippen LogP contribution in [0.25, 0.3) is 0 Å². The highest BCUT2D eigenvalue weighted by Crippen LogP contribution is 2.52. The van der Waals surface area contributed by atoms with E-state index in [1.165, 1.54) is 24.3 Å². The zero-order chi connectivity index (χ0) is 16.0. The molecule has 0 unspecified atom stereocenters.